The lowest BCUT2D eigenvalue weighted by atomic mass is 9.95. The number of hydrogen-bond donors (Lipinski definition) is 1. The van der Waals surface area contributed by atoms with E-state index < -0.39 is 0 Å². The first-order valence-corrected chi connectivity index (χ1v) is 7.93. The molecule has 2 fully saturated rings. The van der Waals surface area contributed by atoms with Crippen LogP contribution in [0.4, 0.5) is 0 Å². The summed E-state index contributed by atoms with van der Waals surface area (Å²) in [7, 11) is 0. The van der Waals surface area contributed by atoms with E-state index in [1.807, 2.05) is 11.0 Å². The Morgan fingerprint density at radius 3 is 2.45 bits per heavy atom. The molecule has 1 aromatic rings. The molecule has 122 valence electrons. The third-order valence-corrected chi connectivity index (χ3v) is 4.90. The number of amides is 1. The predicted octanol–water partition coefficient (Wildman–Crippen LogP) is 1.84. The second-order valence-corrected chi connectivity index (χ2v) is 6.56. The number of carbonyl (C=O) groups excluding carboxylic acids is 1. The molecule has 0 aliphatic carbocycles. The molecule has 2 N–H and O–H groups in total. The Kier molecular flexibility index (Phi) is 5.48. The molecular formula is C17H26ClN3O. The normalized spacial score (nSPS) is 29.2. The molecule has 22 heavy (non-hydrogen) atoms. The number of rotatable bonds is 3. The number of benzene rings is 1. The van der Waals surface area contributed by atoms with Crippen molar-refractivity contribution in [3.63, 3.8) is 0 Å². The van der Waals surface area contributed by atoms with Gasteiger partial charge in [0.2, 0.25) is 5.91 Å². The van der Waals surface area contributed by atoms with Crippen LogP contribution in [-0.4, -0.2) is 53.5 Å². The fourth-order valence-electron chi connectivity index (χ4n) is 3.71. The van der Waals surface area contributed by atoms with Gasteiger partial charge in [-0.05, 0) is 25.8 Å². The molecule has 0 bridgehead atoms. The van der Waals surface area contributed by atoms with Crippen molar-refractivity contribution in [2.24, 2.45) is 5.73 Å². The molecule has 0 aromatic heterocycles. The van der Waals surface area contributed by atoms with Gasteiger partial charge in [-0.1, -0.05) is 30.3 Å². The zero-order chi connectivity index (χ0) is 15.0. The maximum atomic E-state index is 12.5. The lowest BCUT2D eigenvalue weighted by Crippen LogP contribution is -2.43. The molecule has 2 saturated heterocycles. The highest BCUT2D eigenvalue weighted by Crippen LogP contribution is 2.30. The number of likely N-dealkylation sites (tertiary alicyclic amines) is 2. The highest BCUT2D eigenvalue weighted by Gasteiger charge is 2.42. The van der Waals surface area contributed by atoms with Gasteiger partial charge in [-0.15, -0.1) is 12.4 Å². The quantitative estimate of drug-likeness (QED) is 0.923. The fraction of sp³-hybridized carbons (Fsp3) is 0.588. The smallest absolute Gasteiger partial charge is 0.240 e. The van der Waals surface area contributed by atoms with Crippen LogP contribution in [0.5, 0.6) is 0 Å². The van der Waals surface area contributed by atoms with Gasteiger partial charge in [0.25, 0.3) is 0 Å². The van der Waals surface area contributed by atoms with Crippen LogP contribution in [-0.2, 0) is 4.79 Å². The van der Waals surface area contributed by atoms with E-state index in [0.717, 1.165) is 26.1 Å². The molecule has 2 aliphatic heterocycles. The van der Waals surface area contributed by atoms with Crippen molar-refractivity contribution < 1.29 is 4.79 Å². The minimum atomic E-state index is 0. The van der Waals surface area contributed by atoms with Crippen LogP contribution in [0.2, 0.25) is 0 Å². The first-order chi connectivity index (χ1) is 10.1. The van der Waals surface area contributed by atoms with Crippen LogP contribution >= 0.6 is 12.4 Å². The van der Waals surface area contributed by atoms with Gasteiger partial charge < -0.3 is 10.6 Å². The number of halogens is 1. The molecule has 1 amide bonds. The Labute approximate surface area is 139 Å². The molecule has 1 aromatic carbocycles. The van der Waals surface area contributed by atoms with Crippen molar-refractivity contribution in [3.05, 3.63) is 35.9 Å². The maximum absolute atomic E-state index is 12.5. The van der Waals surface area contributed by atoms with Gasteiger partial charge in [0.15, 0.2) is 0 Å². The monoisotopic (exact) mass is 323 g/mol. The standard InChI is InChI=1S/C17H25N3O.ClH/c1-12(2)20-9-8-16(17(20)21)19-10-14(15(18)11-19)13-6-4-3-5-7-13;/h3-7,12,14-16H,8-11,18H2,1-2H3;1H/t14-,15+,16?;/m0./s1. The number of hydrogen-bond acceptors (Lipinski definition) is 3. The van der Waals surface area contributed by atoms with E-state index in [2.05, 4.69) is 43.0 Å². The molecule has 2 aliphatic rings. The molecular weight excluding hydrogens is 298 g/mol. The largest absolute Gasteiger partial charge is 0.339 e. The molecule has 5 heteroatoms. The number of nitrogens with zero attached hydrogens (tertiary/aromatic N) is 2. The van der Waals surface area contributed by atoms with Crippen molar-refractivity contribution in [1.82, 2.24) is 9.80 Å². The average molecular weight is 324 g/mol. The summed E-state index contributed by atoms with van der Waals surface area (Å²) in [6, 6.07) is 10.9. The highest BCUT2D eigenvalue weighted by molar-refractivity contribution is 5.85. The van der Waals surface area contributed by atoms with Gasteiger partial charge in [-0.25, -0.2) is 0 Å². The molecule has 0 spiro atoms. The van der Waals surface area contributed by atoms with Crippen LogP contribution in [0.15, 0.2) is 30.3 Å². The van der Waals surface area contributed by atoms with Crippen molar-refractivity contribution in [2.45, 2.75) is 44.3 Å². The second kappa shape index (κ2) is 6.99. The molecule has 3 atom stereocenters. The van der Waals surface area contributed by atoms with Crippen LogP contribution < -0.4 is 5.73 Å². The second-order valence-electron chi connectivity index (χ2n) is 6.56. The van der Waals surface area contributed by atoms with Crippen molar-refractivity contribution in [3.8, 4) is 0 Å². The Bertz CT molecular complexity index is 508. The van der Waals surface area contributed by atoms with Crippen LogP contribution in [0.3, 0.4) is 0 Å². The van der Waals surface area contributed by atoms with Crippen molar-refractivity contribution >= 4 is 18.3 Å². The molecule has 0 saturated carbocycles. The highest BCUT2D eigenvalue weighted by atomic mass is 35.5. The van der Waals surface area contributed by atoms with E-state index in [-0.39, 0.29) is 30.4 Å². The lowest BCUT2D eigenvalue weighted by Gasteiger charge is -2.25. The summed E-state index contributed by atoms with van der Waals surface area (Å²) in [4.78, 5) is 16.8. The van der Waals surface area contributed by atoms with Crippen molar-refractivity contribution in [1.29, 1.82) is 0 Å². The fourth-order valence-corrected chi connectivity index (χ4v) is 3.71. The van der Waals surface area contributed by atoms with Gasteiger partial charge in [0.1, 0.15) is 0 Å². The third-order valence-electron chi connectivity index (χ3n) is 4.90. The third kappa shape index (κ3) is 3.14. The first-order valence-electron chi connectivity index (χ1n) is 7.93. The Morgan fingerprint density at radius 2 is 1.86 bits per heavy atom. The van der Waals surface area contributed by atoms with E-state index in [1.165, 1.54) is 5.56 Å². The Morgan fingerprint density at radius 1 is 1.18 bits per heavy atom. The van der Waals surface area contributed by atoms with Gasteiger partial charge in [-0.2, -0.15) is 0 Å². The maximum Gasteiger partial charge on any atom is 0.240 e. The summed E-state index contributed by atoms with van der Waals surface area (Å²) in [5, 5.41) is 0. The number of carbonyl (C=O) groups is 1. The first kappa shape index (κ1) is 17.3. The van der Waals surface area contributed by atoms with Gasteiger partial charge >= 0.3 is 0 Å². The summed E-state index contributed by atoms with van der Waals surface area (Å²) in [5.41, 5.74) is 7.63. The Hall–Kier alpha value is -1.10. The molecule has 4 nitrogen and oxygen atoms in total. The zero-order valence-corrected chi connectivity index (χ0v) is 14.1. The number of nitrogens with two attached hydrogens (primary N) is 1. The molecule has 1 unspecified atom stereocenters. The van der Waals surface area contributed by atoms with Crippen LogP contribution in [0.1, 0.15) is 31.7 Å². The molecule has 2 heterocycles. The van der Waals surface area contributed by atoms with E-state index in [0.29, 0.717) is 12.0 Å². The van der Waals surface area contributed by atoms with Gasteiger partial charge in [0.05, 0.1) is 6.04 Å². The lowest BCUT2D eigenvalue weighted by molar-refractivity contribution is -0.133. The summed E-state index contributed by atoms with van der Waals surface area (Å²) in [6.07, 6.45) is 0.936. The van der Waals surface area contributed by atoms with E-state index in [9.17, 15) is 4.79 Å². The van der Waals surface area contributed by atoms with Gasteiger partial charge in [0, 0.05) is 37.6 Å². The minimum absolute atomic E-state index is 0. The van der Waals surface area contributed by atoms with Crippen LogP contribution in [0.25, 0.3) is 0 Å². The van der Waals surface area contributed by atoms with Crippen LogP contribution in [0, 0.1) is 0 Å². The topological polar surface area (TPSA) is 49.6 Å². The summed E-state index contributed by atoms with van der Waals surface area (Å²) >= 11 is 0. The SMILES string of the molecule is CC(C)N1CCC(N2C[C@@H](N)[C@H](c3ccccc3)C2)C1=O.Cl. The van der Waals surface area contributed by atoms with E-state index in [1.54, 1.807) is 0 Å². The van der Waals surface area contributed by atoms with E-state index in [4.69, 9.17) is 5.73 Å². The zero-order valence-electron chi connectivity index (χ0n) is 13.3. The van der Waals surface area contributed by atoms with Crippen molar-refractivity contribution in [2.75, 3.05) is 19.6 Å². The summed E-state index contributed by atoms with van der Waals surface area (Å²) < 4.78 is 0. The predicted molar refractivity (Wildman–Crippen MR) is 91.2 cm³/mol. The average Bonchev–Trinajstić information content (AvgIpc) is 3.03. The molecule has 3 rings (SSSR count). The minimum Gasteiger partial charge on any atom is -0.339 e. The summed E-state index contributed by atoms with van der Waals surface area (Å²) in [5.74, 6) is 0.623. The van der Waals surface area contributed by atoms with Gasteiger partial charge in [-0.3, -0.25) is 9.69 Å². The molecule has 0 radical (unpaired) electrons. The van der Waals surface area contributed by atoms with E-state index >= 15 is 0 Å². The summed E-state index contributed by atoms with van der Waals surface area (Å²) in [6.45, 7) is 6.77. The Balaban J connectivity index is 0.00000176.